The average Bonchev–Trinajstić information content (AvgIpc) is 2.89. The molecule has 0 fully saturated rings. The maximum atomic E-state index is 6.58. The monoisotopic (exact) mass is 600 g/mol. The highest BCUT2D eigenvalue weighted by atomic mass is 27.3. The number of ether oxygens (including phenoxy) is 9. The molecule has 0 bridgehead atoms. The molecule has 0 radical (unpaired) electrons. The van der Waals surface area contributed by atoms with Crippen LogP contribution in [0.5, 0.6) is 0 Å². The molecule has 0 amide bonds. The molecule has 0 heterocycles. The van der Waals surface area contributed by atoms with Gasteiger partial charge in [0.2, 0.25) is 0 Å². The quantitative estimate of drug-likeness (QED) is 0.0979. The van der Waals surface area contributed by atoms with Crippen LogP contribution in [0.25, 0.3) is 0 Å². The van der Waals surface area contributed by atoms with Crippen LogP contribution in [0.15, 0.2) is 0 Å². The van der Waals surface area contributed by atoms with Crippen molar-refractivity contribution in [2.24, 2.45) is 0 Å². The van der Waals surface area contributed by atoms with Crippen LogP contribution in [0, 0.1) is 0 Å². The molecule has 3 atom stereocenters. The maximum absolute atomic E-state index is 6.58. The Bertz CT molecular complexity index is 515. The highest BCUT2D eigenvalue weighted by Gasteiger charge is 2.59. The van der Waals surface area contributed by atoms with E-state index >= 15 is 0 Å². The SMILES string of the molecule is CCOC(C)C(OCC)(OCC)[O][Al]([O]C(OCC)(OCC)C(C)OCC)[O]C(OCC)(OCC)C(C)OCC. The predicted octanol–water partition coefficient (Wildman–Crippen LogP) is 4.48. The van der Waals surface area contributed by atoms with Crippen molar-refractivity contribution in [1.82, 2.24) is 0 Å². The van der Waals surface area contributed by atoms with Crippen LogP contribution in [0.1, 0.15) is 83.1 Å². The average molecular weight is 601 g/mol. The smallest absolute Gasteiger partial charge is 0.403 e. The molecule has 0 aromatic rings. The molecular formula is C27H57AlO12. The maximum Gasteiger partial charge on any atom is 0.917 e. The lowest BCUT2D eigenvalue weighted by Gasteiger charge is -2.45. The molecule has 0 rings (SSSR count). The van der Waals surface area contributed by atoms with Gasteiger partial charge in [-0.1, -0.05) is 0 Å². The first-order valence-electron chi connectivity index (χ1n) is 14.8. The summed E-state index contributed by atoms with van der Waals surface area (Å²) in [5.41, 5.74) is 0. The second-order valence-corrected chi connectivity index (χ2v) is 9.63. The van der Waals surface area contributed by atoms with Crippen molar-refractivity contribution in [1.29, 1.82) is 0 Å². The van der Waals surface area contributed by atoms with Gasteiger partial charge in [0.25, 0.3) is 17.9 Å². The lowest BCUT2D eigenvalue weighted by atomic mass is 10.3. The first kappa shape index (κ1) is 40.1. The molecule has 40 heavy (non-hydrogen) atoms. The Morgan fingerprint density at radius 2 is 0.575 bits per heavy atom. The second-order valence-electron chi connectivity index (χ2n) is 8.34. The first-order valence-corrected chi connectivity index (χ1v) is 16.2. The zero-order chi connectivity index (χ0) is 30.7. The van der Waals surface area contributed by atoms with Crippen molar-refractivity contribution in [2.75, 3.05) is 59.5 Å². The molecule has 3 unspecified atom stereocenters. The Balaban J connectivity index is 7.07. The minimum Gasteiger partial charge on any atom is -0.403 e. The van der Waals surface area contributed by atoms with Crippen LogP contribution in [-0.2, 0) is 54.0 Å². The van der Waals surface area contributed by atoms with Gasteiger partial charge in [-0.15, -0.1) is 0 Å². The third-order valence-corrected chi connectivity index (χ3v) is 7.16. The van der Waals surface area contributed by atoms with Gasteiger partial charge in [-0.25, -0.2) is 0 Å². The van der Waals surface area contributed by atoms with Crippen molar-refractivity contribution >= 4 is 15.1 Å². The summed E-state index contributed by atoms with van der Waals surface area (Å²) in [5, 5.41) is 0. The first-order chi connectivity index (χ1) is 19.1. The summed E-state index contributed by atoms with van der Waals surface area (Å²) < 4.78 is 73.9. The molecule has 0 aliphatic rings. The molecule has 12 nitrogen and oxygen atoms in total. The standard InChI is InChI=1S/3C9H19O4.Al/c3*1-5-11-8(4)9(10,12-6-2)13-7-3;/h3*8H,5-7H2,1-4H3;/q3*-1;+3. The largest absolute Gasteiger partial charge is 0.917 e. The van der Waals surface area contributed by atoms with E-state index in [1.54, 1.807) is 20.8 Å². The van der Waals surface area contributed by atoms with E-state index in [2.05, 4.69) is 0 Å². The van der Waals surface area contributed by atoms with Crippen molar-refractivity contribution < 1.29 is 54.0 Å². The minimum atomic E-state index is -3.53. The Morgan fingerprint density at radius 3 is 0.725 bits per heavy atom. The summed E-state index contributed by atoms with van der Waals surface area (Å²) in [4.78, 5) is 0. The summed E-state index contributed by atoms with van der Waals surface area (Å²) in [6.07, 6.45) is -2.01. The fourth-order valence-corrected chi connectivity index (χ4v) is 5.99. The van der Waals surface area contributed by atoms with E-state index in [-0.39, 0.29) is 39.6 Å². The third kappa shape index (κ3) is 12.0. The van der Waals surface area contributed by atoms with E-state index in [1.807, 2.05) is 62.3 Å². The summed E-state index contributed by atoms with van der Waals surface area (Å²) >= 11 is -3.53. The van der Waals surface area contributed by atoms with Gasteiger partial charge >= 0.3 is 15.1 Å². The second kappa shape index (κ2) is 21.7. The molecule has 0 N–H and O–H groups in total. The molecule has 0 saturated carbocycles. The topological polar surface area (TPSA) is 111 Å². The van der Waals surface area contributed by atoms with Crippen LogP contribution in [0.4, 0.5) is 0 Å². The zero-order valence-corrected chi connectivity index (χ0v) is 28.2. The third-order valence-electron chi connectivity index (χ3n) is 5.60. The van der Waals surface area contributed by atoms with Crippen molar-refractivity contribution in [2.45, 2.75) is 119 Å². The van der Waals surface area contributed by atoms with E-state index in [1.165, 1.54) is 0 Å². The van der Waals surface area contributed by atoms with Gasteiger partial charge in [0, 0.05) is 59.5 Å². The van der Waals surface area contributed by atoms with Crippen LogP contribution in [-0.4, -0.2) is 111 Å². The fourth-order valence-electron chi connectivity index (χ4n) is 4.06. The van der Waals surface area contributed by atoms with Gasteiger partial charge in [-0.3, -0.25) is 0 Å². The minimum absolute atomic E-state index is 0.257. The van der Waals surface area contributed by atoms with Crippen LogP contribution < -0.4 is 0 Å². The molecule has 0 aliphatic carbocycles. The van der Waals surface area contributed by atoms with E-state index in [4.69, 9.17) is 54.0 Å². The summed E-state index contributed by atoms with van der Waals surface area (Å²) in [6.45, 7) is 24.7. The Hall–Kier alpha value is 0.0525. The summed E-state index contributed by atoms with van der Waals surface area (Å²) in [5.74, 6) is -5.06. The molecule has 0 saturated heterocycles. The number of hydrogen-bond acceptors (Lipinski definition) is 12. The number of hydrogen-bond donors (Lipinski definition) is 0. The lowest BCUT2D eigenvalue weighted by molar-refractivity contribution is -0.437. The predicted molar refractivity (Wildman–Crippen MR) is 150 cm³/mol. The van der Waals surface area contributed by atoms with Gasteiger partial charge in [-0.05, 0) is 83.1 Å². The Morgan fingerprint density at radius 1 is 0.375 bits per heavy atom. The van der Waals surface area contributed by atoms with Crippen LogP contribution >= 0.6 is 0 Å². The highest BCUT2D eigenvalue weighted by molar-refractivity contribution is 6.36. The number of rotatable bonds is 27. The molecule has 13 heteroatoms. The van der Waals surface area contributed by atoms with Gasteiger partial charge in [0.1, 0.15) is 18.3 Å². The zero-order valence-electron chi connectivity index (χ0n) is 27.1. The van der Waals surface area contributed by atoms with Crippen molar-refractivity contribution in [3.63, 3.8) is 0 Å². The Labute approximate surface area is 247 Å². The van der Waals surface area contributed by atoms with E-state index < -0.39 is 51.4 Å². The normalized spacial score (nSPS) is 15.3. The molecule has 240 valence electrons. The van der Waals surface area contributed by atoms with Gasteiger partial charge < -0.3 is 54.0 Å². The van der Waals surface area contributed by atoms with Crippen LogP contribution in [0.2, 0.25) is 0 Å². The van der Waals surface area contributed by atoms with Gasteiger partial charge in [0.05, 0.1) is 0 Å². The molecule has 0 spiro atoms. The van der Waals surface area contributed by atoms with Crippen LogP contribution in [0.3, 0.4) is 0 Å². The van der Waals surface area contributed by atoms with Crippen molar-refractivity contribution in [3.8, 4) is 0 Å². The molecular weight excluding hydrogens is 543 g/mol. The summed E-state index contributed by atoms with van der Waals surface area (Å²) in [7, 11) is 0. The molecule has 0 aliphatic heterocycles. The lowest BCUT2D eigenvalue weighted by Crippen LogP contribution is -2.62. The summed E-state index contributed by atoms with van der Waals surface area (Å²) in [6, 6.07) is 0. The van der Waals surface area contributed by atoms with Gasteiger partial charge in [0.15, 0.2) is 0 Å². The Kier molecular flexibility index (Phi) is 21.7. The van der Waals surface area contributed by atoms with E-state index in [0.29, 0.717) is 19.8 Å². The molecule has 0 aromatic heterocycles. The van der Waals surface area contributed by atoms with E-state index in [9.17, 15) is 0 Å². The fraction of sp³-hybridized carbons (Fsp3) is 1.00. The van der Waals surface area contributed by atoms with E-state index in [0.717, 1.165) is 0 Å². The highest BCUT2D eigenvalue weighted by Crippen LogP contribution is 2.33. The molecule has 0 aromatic carbocycles. The van der Waals surface area contributed by atoms with Gasteiger partial charge in [-0.2, -0.15) is 0 Å². The van der Waals surface area contributed by atoms with Crippen molar-refractivity contribution in [3.05, 3.63) is 0 Å².